The Labute approximate surface area is 116 Å². The van der Waals surface area contributed by atoms with Crippen molar-refractivity contribution in [3.8, 4) is 5.75 Å². The number of nitro benzene ring substituents is 1. The predicted molar refractivity (Wildman–Crippen MR) is 72.5 cm³/mol. The zero-order chi connectivity index (χ0) is 15.1. The zero-order valence-electron chi connectivity index (χ0n) is 11.5. The Bertz CT molecular complexity index is 476. The standard InChI is InChI=1S/C13H18N2O5/c1-10(2)14(6-7-16)13(17)9-20-12-5-3-4-11(8-12)15(18)19/h3-5,8,10,16H,6-7,9H2,1-2H3. The number of benzene rings is 1. The van der Waals surface area contributed by atoms with Crippen LogP contribution in [0.1, 0.15) is 13.8 Å². The van der Waals surface area contributed by atoms with Crippen LogP contribution in [0.4, 0.5) is 5.69 Å². The summed E-state index contributed by atoms with van der Waals surface area (Å²) in [5.74, 6) is -0.0131. The third-order valence-electron chi connectivity index (χ3n) is 2.68. The van der Waals surface area contributed by atoms with Gasteiger partial charge in [-0.05, 0) is 19.9 Å². The SMILES string of the molecule is CC(C)N(CCO)C(=O)COc1cccc([N+](=O)[O-])c1. The number of amides is 1. The monoisotopic (exact) mass is 282 g/mol. The Hall–Kier alpha value is -2.15. The summed E-state index contributed by atoms with van der Waals surface area (Å²) in [6, 6.07) is 5.60. The van der Waals surface area contributed by atoms with Gasteiger partial charge in [0.25, 0.3) is 11.6 Å². The average molecular weight is 282 g/mol. The van der Waals surface area contributed by atoms with E-state index in [1.807, 2.05) is 13.8 Å². The molecule has 0 spiro atoms. The molecule has 7 nitrogen and oxygen atoms in total. The molecular formula is C13H18N2O5. The van der Waals surface area contributed by atoms with Gasteiger partial charge in [0.2, 0.25) is 0 Å². The second kappa shape index (κ2) is 7.44. The maximum absolute atomic E-state index is 11.9. The van der Waals surface area contributed by atoms with E-state index in [4.69, 9.17) is 9.84 Å². The molecule has 0 heterocycles. The second-order valence-corrected chi connectivity index (χ2v) is 4.45. The Morgan fingerprint density at radius 3 is 2.75 bits per heavy atom. The molecule has 20 heavy (non-hydrogen) atoms. The van der Waals surface area contributed by atoms with E-state index in [1.54, 1.807) is 6.07 Å². The molecule has 0 saturated carbocycles. The first-order valence-corrected chi connectivity index (χ1v) is 6.23. The lowest BCUT2D eigenvalue weighted by molar-refractivity contribution is -0.384. The molecule has 7 heteroatoms. The van der Waals surface area contributed by atoms with E-state index in [9.17, 15) is 14.9 Å². The van der Waals surface area contributed by atoms with Crippen LogP contribution in [0.5, 0.6) is 5.75 Å². The number of carbonyl (C=O) groups excluding carboxylic acids is 1. The van der Waals surface area contributed by atoms with Gasteiger partial charge in [0, 0.05) is 18.7 Å². The number of nitrogens with zero attached hydrogens (tertiary/aromatic N) is 2. The summed E-state index contributed by atoms with van der Waals surface area (Å²) in [5, 5.41) is 19.5. The first-order valence-electron chi connectivity index (χ1n) is 6.23. The minimum absolute atomic E-state index is 0.0524. The summed E-state index contributed by atoms with van der Waals surface area (Å²) in [5.41, 5.74) is -0.0916. The number of rotatable bonds is 7. The van der Waals surface area contributed by atoms with Crippen molar-refractivity contribution >= 4 is 11.6 Å². The Morgan fingerprint density at radius 1 is 1.50 bits per heavy atom. The number of hydrogen-bond acceptors (Lipinski definition) is 5. The number of carbonyl (C=O) groups is 1. The van der Waals surface area contributed by atoms with Gasteiger partial charge >= 0.3 is 0 Å². The topological polar surface area (TPSA) is 92.9 Å². The molecule has 0 radical (unpaired) electrons. The first-order chi connectivity index (χ1) is 9.45. The molecular weight excluding hydrogens is 264 g/mol. The van der Waals surface area contributed by atoms with Crippen molar-refractivity contribution in [2.24, 2.45) is 0 Å². The number of nitro groups is 1. The fraction of sp³-hybridized carbons (Fsp3) is 0.462. The van der Waals surface area contributed by atoms with E-state index in [2.05, 4.69) is 0 Å². The summed E-state index contributed by atoms with van der Waals surface area (Å²) in [7, 11) is 0. The fourth-order valence-electron chi connectivity index (χ4n) is 1.69. The van der Waals surface area contributed by atoms with Crippen molar-refractivity contribution in [1.82, 2.24) is 4.90 Å². The van der Waals surface area contributed by atoms with Crippen LogP contribution in [0.15, 0.2) is 24.3 Å². The molecule has 0 atom stereocenters. The minimum Gasteiger partial charge on any atom is -0.484 e. The zero-order valence-corrected chi connectivity index (χ0v) is 11.5. The van der Waals surface area contributed by atoms with Crippen molar-refractivity contribution in [2.75, 3.05) is 19.8 Å². The van der Waals surface area contributed by atoms with Crippen LogP contribution in [0, 0.1) is 10.1 Å². The van der Waals surface area contributed by atoms with Crippen LogP contribution in [0.3, 0.4) is 0 Å². The minimum atomic E-state index is -0.527. The highest BCUT2D eigenvalue weighted by Crippen LogP contribution is 2.19. The van der Waals surface area contributed by atoms with Gasteiger partial charge in [-0.3, -0.25) is 14.9 Å². The van der Waals surface area contributed by atoms with Gasteiger partial charge in [0.15, 0.2) is 6.61 Å². The lowest BCUT2D eigenvalue weighted by atomic mass is 10.3. The molecule has 0 aliphatic carbocycles. The molecule has 1 rings (SSSR count). The molecule has 0 aliphatic rings. The molecule has 0 saturated heterocycles. The second-order valence-electron chi connectivity index (χ2n) is 4.45. The number of aliphatic hydroxyl groups excluding tert-OH is 1. The van der Waals surface area contributed by atoms with Gasteiger partial charge in [0.1, 0.15) is 5.75 Å². The lowest BCUT2D eigenvalue weighted by Gasteiger charge is -2.25. The van der Waals surface area contributed by atoms with Crippen molar-refractivity contribution in [2.45, 2.75) is 19.9 Å². The van der Waals surface area contributed by atoms with Crippen LogP contribution in [0.2, 0.25) is 0 Å². The van der Waals surface area contributed by atoms with Gasteiger partial charge in [-0.1, -0.05) is 6.07 Å². The van der Waals surface area contributed by atoms with E-state index in [1.165, 1.54) is 23.1 Å². The van der Waals surface area contributed by atoms with E-state index >= 15 is 0 Å². The Morgan fingerprint density at radius 2 is 2.20 bits per heavy atom. The maximum atomic E-state index is 11.9. The van der Waals surface area contributed by atoms with Gasteiger partial charge in [-0.15, -0.1) is 0 Å². The molecule has 1 aromatic carbocycles. The first kappa shape index (κ1) is 15.9. The molecule has 0 bridgehead atoms. The smallest absolute Gasteiger partial charge is 0.273 e. The van der Waals surface area contributed by atoms with Crippen LogP contribution >= 0.6 is 0 Å². The molecule has 1 amide bonds. The maximum Gasteiger partial charge on any atom is 0.273 e. The fourth-order valence-corrected chi connectivity index (χ4v) is 1.69. The number of hydrogen-bond donors (Lipinski definition) is 1. The molecule has 1 N–H and O–H groups in total. The van der Waals surface area contributed by atoms with E-state index < -0.39 is 4.92 Å². The van der Waals surface area contributed by atoms with Crippen molar-refractivity contribution < 1.29 is 19.6 Å². The Balaban J connectivity index is 2.64. The summed E-state index contributed by atoms with van der Waals surface area (Å²) in [6.45, 7) is 3.55. The molecule has 0 fully saturated rings. The summed E-state index contributed by atoms with van der Waals surface area (Å²) < 4.78 is 5.26. The third-order valence-corrected chi connectivity index (χ3v) is 2.68. The van der Waals surface area contributed by atoms with Crippen LogP contribution in [-0.4, -0.2) is 46.6 Å². The summed E-state index contributed by atoms with van der Waals surface area (Å²) in [4.78, 5) is 23.5. The molecule has 0 unspecified atom stereocenters. The van der Waals surface area contributed by atoms with Gasteiger partial charge in [-0.25, -0.2) is 0 Å². The largest absolute Gasteiger partial charge is 0.484 e. The van der Waals surface area contributed by atoms with Gasteiger partial charge < -0.3 is 14.7 Å². The van der Waals surface area contributed by atoms with Crippen molar-refractivity contribution in [3.05, 3.63) is 34.4 Å². The Kier molecular flexibility index (Phi) is 5.92. The van der Waals surface area contributed by atoms with Crippen LogP contribution < -0.4 is 4.74 Å². The number of aliphatic hydroxyl groups is 1. The van der Waals surface area contributed by atoms with Crippen molar-refractivity contribution in [1.29, 1.82) is 0 Å². The number of non-ortho nitro benzene ring substituents is 1. The predicted octanol–water partition coefficient (Wildman–Crippen LogP) is 1.20. The normalized spacial score (nSPS) is 10.4. The van der Waals surface area contributed by atoms with E-state index in [0.717, 1.165) is 0 Å². The van der Waals surface area contributed by atoms with Crippen LogP contribution in [-0.2, 0) is 4.79 Å². The lowest BCUT2D eigenvalue weighted by Crippen LogP contribution is -2.41. The van der Waals surface area contributed by atoms with E-state index in [-0.39, 0.29) is 43.1 Å². The number of ether oxygens (including phenoxy) is 1. The van der Waals surface area contributed by atoms with Crippen molar-refractivity contribution in [3.63, 3.8) is 0 Å². The highest BCUT2D eigenvalue weighted by atomic mass is 16.6. The van der Waals surface area contributed by atoms with Gasteiger partial charge in [0.05, 0.1) is 17.6 Å². The van der Waals surface area contributed by atoms with E-state index in [0.29, 0.717) is 0 Å². The molecule has 0 aromatic heterocycles. The average Bonchev–Trinajstić information content (AvgIpc) is 2.42. The summed E-state index contributed by atoms with van der Waals surface area (Å²) >= 11 is 0. The third kappa shape index (κ3) is 4.51. The molecule has 0 aliphatic heterocycles. The highest BCUT2D eigenvalue weighted by molar-refractivity contribution is 5.78. The highest BCUT2D eigenvalue weighted by Gasteiger charge is 2.17. The quantitative estimate of drug-likeness (QED) is 0.599. The van der Waals surface area contributed by atoms with Crippen LogP contribution in [0.25, 0.3) is 0 Å². The van der Waals surface area contributed by atoms with Gasteiger partial charge in [-0.2, -0.15) is 0 Å². The molecule has 110 valence electrons. The summed E-state index contributed by atoms with van der Waals surface area (Å²) in [6.07, 6.45) is 0. The molecule has 1 aromatic rings.